The molecule has 3 atom stereocenters. The van der Waals surface area contributed by atoms with Gasteiger partial charge in [-0.2, -0.15) is 0 Å². The monoisotopic (exact) mass is 478 g/mol. The molecule has 0 aliphatic heterocycles. The first-order valence-electron chi connectivity index (χ1n) is 11.6. The van der Waals surface area contributed by atoms with Crippen LogP contribution >= 0.6 is 0 Å². The van der Waals surface area contributed by atoms with Crippen LogP contribution in [0.5, 0.6) is 5.75 Å². The van der Waals surface area contributed by atoms with E-state index < -0.39 is 12.2 Å². The molecule has 0 saturated heterocycles. The van der Waals surface area contributed by atoms with E-state index in [0.29, 0.717) is 32.8 Å². The van der Waals surface area contributed by atoms with Crippen molar-refractivity contribution < 1.29 is 29.9 Å². The second-order valence-electron chi connectivity index (χ2n) is 8.52. The third-order valence-electron chi connectivity index (χ3n) is 5.06. The zero-order chi connectivity index (χ0) is 25.3. The zero-order valence-electron chi connectivity index (χ0n) is 20.7. The summed E-state index contributed by atoms with van der Waals surface area (Å²) in [6.45, 7) is 8.40. The summed E-state index contributed by atoms with van der Waals surface area (Å²) in [5.41, 5.74) is 1.05. The first-order chi connectivity index (χ1) is 16.2. The Kier molecular flexibility index (Phi) is 15.1. The van der Waals surface area contributed by atoms with Crippen LogP contribution in [-0.4, -0.2) is 102 Å². The van der Waals surface area contributed by atoms with E-state index >= 15 is 0 Å². The minimum Gasteiger partial charge on any atom is -0.508 e. The van der Waals surface area contributed by atoms with Gasteiger partial charge in [-0.25, -0.2) is 0 Å². The Labute approximate surface area is 204 Å². The Balaban J connectivity index is 2.23. The number of hydrogen-bond acceptors (Lipinski definition) is 8. The molecule has 4 N–H and O–H groups in total. The number of nitrogens with zero attached hydrogens (tertiary/aromatic N) is 2. The highest BCUT2D eigenvalue weighted by molar-refractivity contribution is 5.25. The minimum absolute atomic E-state index is 0.105. The molecule has 0 fully saturated rings. The fourth-order valence-corrected chi connectivity index (χ4v) is 3.22. The summed E-state index contributed by atoms with van der Waals surface area (Å²) in [6.07, 6.45) is 5.84. The number of phenolic OH excluding ortho intramolecular Hbond substituents is 1. The predicted octanol–water partition coefficient (Wildman–Crippen LogP) is 2.47. The number of aromatic hydroxyl groups is 1. The van der Waals surface area contributed by atoms with Gasteiger partial charge in [0.1, 0.15) is 11.5 Å². The third-order valence-corrected chi connectivity index (χ3v) is 5.06. The van der Waals surface area contributed by atoms with Gasteiger partial charge in [0.2, 0.25) is 0 Å². The van der Waals surface area contributed by atoms with Crippen LogP contribution in [0.2, 0.25) is 0 Å². The normalized spacial score (nSPS) is 15.2. The first kappa shape index (κ1) is 29.8. The van der Waals surface area contributed by atoms with E-state index in [9.17, 15) is 20.4 Å². The average molecular weight is 479 g/mol. The second-order valence-corrected chi connectivity index (χ2v) is 8.52. The minimum atomic E-state index is -0.633. The summed E-state index contributed by atoms with van der Waals surface area (Å²) in [4.78, 5) is 3.94. The molecule has 8 heteroatoms. The number of ether oxygens (including phenoxy) is 2. The SMILES string of the molecule is C=C/C(O)=C\C=C\CN(C)CC(O)COCC(CC)OCC(O)CN(C)Cc1ccc(O)cc1. The van der Waals surface area contributed by atoms with Gasteiger partial charge in [-0.05, 0) is 50.4 Å². The molecule has 0 aliphatic rings. The fraction of sp³-hybridized carbons (Fsp3) is 0.538. The van der Waals surface area contributed by atoms with Gasteiger partial charge >= 0.3 is 0 Å². The summed E-state index contributed by atoms with van der Waals surface area (Å²) >= 11 is 0. The van der Waals surface area contributed by atoms with E-state index in [1.807, 2.05) is 49.0 Å². The molecule has 0 aromatic heterocycles. The summed E-state index contributed by atoms with van der Waals surface area (Å²) in [6, 6.07) is 7.01. The molecular formula is C26H42N2O6. The van der Waals surface area contributed by atoms with Crippen LogP contribution in [0.3, 0.4) is 0 Å². The van der Waals surface area contributed by atoms with Crippen molar-refractivity contribution in [1.29, 1.82) is 0 Å². The highest BCUT2D eigenvalue weighted by Gasteiger charge is 2.14. The molecule has 0 amide bonds. The topological polar surface area (TPSA) is 106 Å². The lowest BCUT2D eigenvalue weighted by atomic mass is 10.2. The molecule has 1 aromatic rings. The third kappa shape index (κ3) is 14.1. The summed E-state index contributed by atoms with van der Waals surface area (Å²) in [7, 11) is 3.81. The molecule has 0 spiro atoms. The molecule has 8 nitrogen and oxygen atoms in total. The van der Waals surface area contributed by atoms with Crippen LogP contribution < -0.4 is 0 Å². The van der Waals surface area contributed by atoms with Gasteiger partial charge in [-0.15, -0.1) is 0 Å². The smallest absolute Gasteiger partial charge is 0.115 e. The Bertz CT molecular complexity index is 737. The van der Waals surface area contributed by atoms with Gasteiger partial charge in [-0.1, -0.05) is 37.8 Å². The zero-order valence-corrected chi connectivity index (χ0v) is 20.7. The van der Waals surface area contributed by atoms with Crippen molar-refractivity contribution in [2.75, 3.05) is 53.6 Å². The van der Waals surface area contributed by atoms with Crippen LogP contribution in [0, 0.1) is 0 Å². The van der Waals surface area contributed by atoms with Gasteiger partial charge in [0.25, 0.3) is 0 Å². The lowest BCUT2D eigenvalue weighted by molar-refractivity contribution is -0.0679. The standard InChI is InChI=1S/C26H42N2O6/c1-5-22(29)9-7-8-14-27(3)16-24(31)18-33-20-26(6-2)34-19-25(32)17-28(4)15-21-10-12-23(30)13-11-21/h5,7-13,24-26,29-32H,1,6,14-20H2,2-4H3/b8-7+,22-9+. The number of benzene rings is 1. The molecule has 0 radical (unpaired) electrons. The van der Waals surface area contributed by atoms with E-state index in [-0.39, 0.29) is 30.8 Å². The van der Waals surface area contributed by atoms with E-state index in [4.69, 9.17) is 9.47 Å². The number of likely N-dealkylation sites (N-methyl/N-ethyl adjacent to an activating group) is 2. The van der Waals surface area contributed by atoms with Crippen LogP contribution in [0.15, 0.2) is 60.9 Å². The van der Waals surface area contributed by atoms with Crippen molar-refractivity contribution in [1.82, 2.24) is 9.80 Å². The fourth-order valence-electron chi connectivity index (χ4n) is 3.22. The lowest BCUT2D eigenvalue weighted by Gasteiger charge is -2.24. The van der Waals surface area contributed by atoms with Gasteiger partial charge in [0.05, 0.1) is 38.1 Å². The molecule has 0 saturated carbocycles. The Morgan fingerprint density at radius 3 is 2.32 bits per heavy atom. The number of allylic oxidation sites excluding steroid dienone is 3. The van der Waals surface area contributed by atoms with E-state index in [1.54, 1.807) is 24.3 Å². The Morgan fingerprint density at radius 2 is 1.68 bits per heavy atom. The van der Waals surface area contributed by atoms with Gasteiger partial charge in [0.15, 0.2) is 0 Å². The molecule has 0 heterocycles. The van der Waals surface area contributed by atoms with Gasteiger partial charge in [-0.3, -0.25) is 4.90 Å². The molecule has 1 aromatic carbocycles. The lowest BCUT2D eigenvalue weighted by Crippen LogP contribution is -2.35. The van der Waals surface area contributed by atoms with Crippen LogP contribution in [0.4, 0.5) is 0 Å². The van der Waals surface area contributed by atoms with Crippen molar-refractivity contribution in [2.24, 2.45) is 0 Å². The van der Waals surface area contributed by atoms with Crippen LogP contribution in [0.1, 0.15) is 18.9 Å². The van der Waals surface area contributed by atoms with E-state index in [1.165, 1.54) is 6.08 Å². The Morgan fingerprint density at radius 1 is 1.03 bits per heavy atom. The maximum Gasteiger partial charge on any atom is 0.115 e. The maximum absolute atomic E-state index is 10.3. The molecular weight excluding hydrogens is 436 g/mol. The van der Waals surface area contributed by atoms with Crippen LogP contribution in [-0.2, 0) is 16.0 Å². The molecule has 0 aliphatic carbocycles. The Hall–Kier alpha value is -2.20. The summed E-state index contributed by atoms with van der Waals surface area (Å²) in [5, 5.41) is 39.1. The number of aliphatic hydroxyl groups is 3. The number of rotatable bonds is 18. The van der Waals surface area contributed by atoms with E-state index in [2.05, 4.69) is 6.58 Å². The quantitative estimate of drug-likeness (QED) is 0.188. The summed E-state index contributed by atoms with van der Waals surface area (Å²) < 4.78 is 11.4. The molecule has 3 unspecified atom stereocenters. The van der Waals surface area contributed by atoms with Crippen molar-refractivity contribution in [2.45, 2.75) is 38.2 Å². The number of hydrogen-bond donors (Lipinski definition) is 4. The van der Waals surface area contributed by atoms with Crippen LogP contribution in [0.25, 0.3) is 0 Å². The van der Waals surface area contributed by atoms with Crippen molar-refractivity contribution in [3.8, 4) is 5.75 Å². The van der Waals surface area contributed by atoms with Gasteiger partial charge in [0, 0.05) is 26.2 Å². The number of aliphatic hydroxyl groups excluding tert-OH is 3. The predicted molar refractivity (Wildman–Crippen MR) is 135 cm³/mol. The number of phenols is 1. The second kappa shape index (κ2) is 17.3. The van der Waals surface area contributed by atoms with Crippen molar-refractivity contribution in [3.05, 3.63) is 66.5 Å². The highest BCUT2D eigenvalue weighted by Crippen LogP contribution is 2.11. The average Bonchev–Trinajstić information content (AvgIpc) is 2.80. The first-order valence-corrected chi connectivity index (χ1v) is 11.6. The summed E-state index contributed by atoms with van der Waals surface area (Å²) in [5.74, 6) is 0.340. The van der Waals surface area contributed by atoms with Gasteiger partial charge < -0.3 is 34.8 Å². The van der Waals surface area contributed by atoms with Crippen molar-refractivity contribution >= 4 is 0 Å². The highest BCUT2D eigenvalue weighted by atomic mass is 16.5. The van der Waals surface area contributed by atoms with Crippen molar-refractivity contribution in [3.63, 3.8) is 0 Å². The largest absolute Gasteiger partial charge is 0.508 e. The molecule has 34 heavy (non-hydrogen) atoms. The molecule has 1 rings (SSSR count). The maximum atomic E-state index is 10.3. The molecule has 0 bridgehead atoms. The molecule has 192 valence electrons. The van der Waals surface area contributed by atoms with E-state index in [0.717, 1.165) is 12.0 Å².